The van der Waals surface area contributed by atoms with Gasteiger partial charge in [-0.2, -0.15) is 5.01 Å². The number of amides is 4. The zero-order valence-electron chi connectivity index (χ0n) is 25.1. The molecule has 0 aliphatic carbocycles. The van der Waals surface area contributed by atoms with Crippen molar-refractivity contribution in [2.24, 2.45) is 0 Å². The maximum atomic E-state index is 14.0. The lowest BCUT2D eigenvalue weighted by Gasteiger charge is -2.52. The summed E-state index contributed by atoms with van der Waals surface area (Å²) in [5, 5.41) is 17.1. The third-order valence-corrected chi connectivity index (χ3v) is 8.39. The second-order valence-electron chi connectivity index (χ2n) is 11.5. The Kier molecular flexibility index (Phi) is 8.09. The summed E-state index contributed by atoms with van der Waals surface area (Å²) in [6.07, 6.45) is 4.57. The Morgan fingerprint density at radius 1 is 0.804 bits per heavy atom. The molecule has 3 aromatic carbocycles. The van der Waals surface area contributed by atoms with E-state index in [0.717, 1.165) is 27.5 Å². The van der Waals surface area contributed by atoms with Crippen molar-refractivity contribution in [3.63, 3.8) is 0 Å². The summed E-state index contributed by atoms with van der Waals surface area (Å²) in [5.74, 6) is -0.380. The Labute approximate surface area is 265 Å². The molecular weight excluding hydrogens is 582 g/mol. The molecular formula is C34H33N9O3. The maximum Gasteiger partial charge on any atom is 0.334 e. The molecule has 0 bridgehead atoms. The quantitative estimate of drug-likeness (QED) is 0.285. The molecule has 2 aliphatic rings. The van der Waals surface area contributed by atoms with Crippen LogP contribution in [0.3, 0.4) is 0 Å². The molecule has 12 nitrogen and oxygen atoms in total. The molecule has 4 amide bonds. The van der Waals surface area contributed by atoms with E-state index in [0.29, 0.717) is 25.3 Å². The Morgan fingerprint density at radius 3 is 2.43 bits per heavy atom. The number of carbonyl (C=O) groups excluding carboxylic acids is 3. The van der Waals surface area contributed by atoms with Gasteiger partial charge in [0.25, 0.3) is 0 Å². The predicted molar refractivity (Wildman–Crippen MR) is 169 cm³/mol. The SMILES string of the molecule is O=C1CN2C(=O)CN(Cc3cn(Cc4ccncc4)nn3)N(C(=O)NCc3ccccc3)C2CN1Cc1cccc2ccccc12. The fraction of sp³-hybridized carbons (Fsp3) is 0.235. The number of piperazine rings is 1. The second kappa shape index (κ2) is 12.8. The molecule has 2 aromatic heterocycles. The van der Waals surface area contributed by atoms with Gasteiger partial charge in [0.05, 0.1) is 38.1 Å². The second-order valence-corrected chi connectivity index (χ2v) is 11.5. The van der Waals surface area contributed by atoms with Gasteiger partial charge in [-0.1, -0.05) is 78.0 Å². The minimum Gasteiger partial charge on any atom is -0.333 e. The monoisotopic (exact) mass is 615 g/mol. The van der Waals surface area contributed by atoms with Crippen LogP contribution in [0.25, 0.3) is 10.8 Å². The number of benzene rings is 3. The number of pyridine rings is 1. The first-order chi connectivity index (χ1) is 22.5. The standard InChI is InChI=1S/C34H33N9O3/c44-32-24-42-31(22-39(32)19-28-11-6-10-27-9-4-5-12-30(27)28)43(34(46)36-17-25-7-2-1-3-8-25)41(23-33(42)45)21-29-20-40(38-37-29)18-26-13-15-35-16-14-26/h1-16,20,31H,17-19,21-24H2,(H,36,46). The van der Waals surface area contributed by atoms with E-state index < -0.39 is 6.17 Å². The number of hydrazine groups is 1. The molecule has 1 atom stereocenters. The number of nitrogens with zero attached hydrogens (tertiary/aromatic N) is 8. The van der Waals surface area contributed by atoms with Crippen molar-refractivity contribution in [2.75, 3.05) is 19.6 Å². The summed E-state index contributed by atoms with van der Waals surface area (Å²) < 4.78 is 1.72. The molecule has 2 fully saturated rings. The Bertz CT molecular complexity index is 1860. The van der Waals surface area contributed by atoms with Crippen LogP contribution in [0.2, 0.25) is 0 Å². The van der Waals surface area contributed by atoms with Crippen molar-refractivity contribution >= 4 is 28.6 Å². The van der Waals surface area contributed by atoms with Crippen molar-refractivity contribution < 1.29 is 14.4 Å². The average Bonchev–Trinajstić information content (AvgIpc) is 3.52. The van der Waals surface area contributed by atoms with Gasteiger partial charge in [0.15, 0.2) is 0 Å². The highest BCUT2D eigenvalue weighted by Crippen LogP contribution is 2.27. The van der Waals surface area contributed by atoms with E-state index >= 15 is 0 Å². The third-order valence-electron chi connectivity index (χ3n) is 8.39. The Hall–Kier alpha value is -5.62. The van der Waals surface area contributed by atoms with Crippen molar-refractivity contribution in [3.05, 3.63) is 126 Å². The third kappa shape index (κ3) is 6.15. The van der Waals surface area contributed by atoms with Crippen molar-refractivity contribution in [3.8, 4) is 0 Å². The molecule has 0 radical (unpaired) electrons. The minimum absolute atomic E-state index is 0.0803. The van der Waals surface area contributed by atoms with Crippen LogP contribution < -0.4 is 5.32 Å². The molecule has 1 unspecified atom stereocenters. The predicted octanol–water partition coefficient (Wildman–Crippen LogP) is 3.01. The number of nitrogens with one attached hydrogen (secondary N) is 1. The smallest absolute Gasteiger partial charge is 0.333 e. The van der Waals surface area contributed by atoms with Crippen LogP contribution in [-0.2, 0) is 35.8 Å². The van der Waals surface area contributed by atoms with Crippen molar-refractivity contribution in [1.82, 2.24) is 45.1 Å². The molecule has 12 heteroatoms. The van der Waals surface area contributed by atoms with Crippen LogP contribution in [0, 0.1) is 0 Å². The first-order valence-corrected chi connectivity index (χ1v) is 15.2. The fourth-order valence-corrected chi connectivity index (χ4v) is 6.11. The molecule has 5 aromatic rings. The van der Waals surface area contributed by atoms with E-state index in [4.69, 9.17) is 0 Å². The van der Waals surface area contributed by atoms with E-state index in [1.54, 1.807) is 32.0 Å². The lowest BCUT2D eigenvalue weighted by Crippen LogP contribution is -2.73. The van der Waals surface area contributed by atoms with Crippen LogP contribution in [0.4, 0.5) is 4.79 Å². The van der Waals surface area contributed by atoms with Gasteiger partial charge in [0.2, 0.25) is 11.8 Å². The van der Waals surface area contributed by atoms with Gasteiger partial charge in [-0.3, -0.25) is 14.6 Å². The normalized spacial score (nSPS) is 17.0. The molecule has 232 valence electrons. The summed E-state index contributed by atoms with van der Waals surface area (Å²) >= 11 is 0. The zero-order chi connectivity index (χ0) is 31.5. The van der Waals surface area contributed by atoms with Gasteiger partial charge >= 0.3 is 6.03 Å². The van der Waals surface area contributed by atoms with E-state index in [9.17, 15) is 14.4 Å². The molecule has 46 heavy (non-hydrogen) atoms. The highest BCUT2D eigenvalue weighted by atomic mass is 16.2. The summed E-state index contributed by atoms with van der Waals surface area (Å²) in [4.78, 5) is 48.2. The van der Waals surface area contributed by atoms with Crippen molar-refractivity contribution in [1.29, 1.82) is 0 Å². The van der Waals surface area contributed by atoms with E-state index in [1.807, 2.05) is 91.1 Å². The topological polar surface area (TPSA) is 120 Å². The number of aromatic nitrogens is 4. The minimum atomic E-state index is -0.698. The summed E-state index contributed by atoms with van der Waals surface area (Å²) in [5.41, 5.74) is 3.58. The van der Waals surface area contributed by atoms with Crippen molar-refractivity contribution in [2.45, 2.75) is 32.3 Å². The van der Waals surface area contributed by atoms with Gasteiger partial charge in [-0.15, -0.1) is 5.10 Å². The first kappa shape index (κ1) is 29.1. The largest absolute Gasteiger partial charge is 0.334 e. The van der Waals surface area contributed by atoms with Crippen LogP contribution >= 0.6 is 0 Å². The Balaban J connectivity index is 1.15. The molecule has 4 heterocycles. The van der Waals surface area contributed by atoms with Crippen LogP contribution in [0.1, 0.15) is 22.4 Å². The molecule has 2 saturated heterocycles. The first-order valence-electron chi connectivity index (χ1n) is 15.2. The number of carbonyl (C=O) groups is 3. The van der Waals surface area contributed by atoms with Crippen LogP contribution in [0.15, 0.2) is 104 Å². The van der Waals surface area contributed by atoms with Crippen LogP contribution in [0.5, 0.6) is 0 Å². The van der Waals surface area contributed by atoms with Gasteiger partial charge in [-0.05, 0) is 39.6 Å². The number of rotatable bonds is 8. The summed E-state index contributed by atoms with van der Waals surface area (Å²) in [6.45, 7) is 1.35. The number of urea groups is 1. The van der Waals surface area contributed by atoms with Crippen LogP contribution in [-0.4, -0.2) is 83.4 Å². The number of fused-ring (bicyclic) bond motifs is 2. The van der Waals surface area contributed by atoms with E-state index in [2.05, 4.69) is 20.6 Å². The number of hydrogen-bond acceptors (Lipinski definition) is 7. The van der Waals surface area contributed by atoms with Gasteiger partial charge in [0, 0.05) is 25.5 Å². The van der Waals surface area contributed by atoms with E-state index in [-0.39, 0.29) is 44.0 Å². The van der Waals surface area contributed by atoms with E-state index in [1.165, 1.54) is 4.90 Å². The Morgan fingerprint density at radius 2 is 1.59 bits per heavy atom. The lowest BCUT2D eigenvalue weighted by atomic mass is 10.0. The highest BCUT2D eigenvalue weighted by molar-refractivity contribution is 5.90. The average molecular weight is 616 g/mol. The molecule has 7 rings (SSSR count). The van der Waals surface area contributed by atoms with Gasteiger partial charge in [0.1, 0.15) is 12.7 Å². The molecule has 1 N–H and O–H groups in total. The van der Waals surface area contributed by atoms with Gasteiger partial charge in [-0.25, -0.2) is 14.5 Å². The lowest BCUT2D eigenvalue weighted by molar-refractivity contribution is -0.183. The molecule has 0 saturated carbocycles. The fourth-order valence-electron chi connectivity index (χ4n) is 6.11. The zero-order valence-corrected chi connectivity index (χ0v) is 25.1. The highest BCUT2D eigenvalue weighted by Gasteiger charge is 2.47. The van der Waals surface area contributed by atoms with Gasteiger partial charge < -0.3 is 15.1 Å². The molecule has 2 aliphatic heterocycles. The summed E-state index contributed by atoms with van der Waals surface area (Å²) in [7, 11) is 0. The summed E-state index contributed by atoms with van der Waals surface area (Å²) in [6, 6.07) is 27.2. The molecule has 0 spiro atoms. The maximum absolute atomic E-state index is 14.0. The number of hydrogen-bond donors (Lipinski definition) is 1.